The van der Waals surface area contributed by atoms with Gasteiger partial charge in [-0.25, -0.2) is 0 Å². The summed E-state index contributed by atoms with van der Waals surface area (Å²) in [6, 6.07) is 0. The number of hydrogen-bond acceptors (Lipinski definition) is 6. The predicted molar refractivity (Wildman–Crippen MR) is 53.5 cm³/mol. The zero-order valence-corrected chi connectivity index (χ0v) is 8.05. The van der Waals surface area contributed by atoms with E-state index in [0.29, 0.717) is 0 Å². The quantitative estimate of drug-likeness (QED) is 0.165. The van der Waals surface area contributed by atoms with Crippen LogP contribution in [0.1, 0.15) is 0 Å². The van der Waals surface area contributed by atoms with E-state index in [4.69, 9.17) is 26.2 Å². The minimum atomic E-state index is -1.52. The molecule has 0 aliphatic rings. The van der Waals surface area contributed by atoms with E-state index in [2.05, 4.69) is 22.7 Å². The molecule has 0 bridgehead atoms. The molecule has 3 unspecified atom stereocenters. The number of nitrogens with one attached hydrogen (secondary N) is 1. The molecule has 14 heavy (non-hydrogen) atoms. The molecule has 0 aromatic heterocycles. The van der Waals surface area contributed by atoms with Crippen molar-refractivity contribution in [3.63, 3.8) is 0 Å². The van der Waals surface area contributed by atoms with E-state index < -0.39 is 24.9 Å². The molecule has 7 N–H and O–H groups in total. The maximum atomic E-state index is 9.14. The molecular formula is C6H13N3O4S. The molecule has 0 aliphatic carbocycles. The van der Waals surface area contributed by atoms with Crippen LogP contribution in [0.4, 0.5) is 0 Å². The third kappa shape index (κ3) is 5.04. The number of rotatable bonds is 5. The first-order valence-electron chi connectivity index (χ1n) is 3.72. The summed E-state index contributed by atoms with van der Waals surface area (Å²) >= 11 is 4.41. The van der Waals surface area contributed by atoms with Gasteiger partial charge in [-0.3, -0.25) is 5.43 Å². The second kappa shape index (κ2) is 6.62. The Morgan fingerprint density at radius 3 is 2.50 bits per heavy atom. The van der Waals surface area contributed by atoms with Crippen molar-refractivity contribution in [2.75, 3.05) is 6.61 Å². The molecule has 0 aromatic carbocycles. The van der Waals surface area contributed by atoms with Gasteiger partial charge < -0.3 is 26.2 Å². The van der Waals surface area contributed by atoms with Crippen molar-refractivity contribution < 1.29 is 20.4 Å². The van der Waals surface area contributed by atoms with Crippen LogP contribution in [0.2, 0.25) is 0 Å². The predicted octanol–water partition coefficient (Wildman–Crippen LogP) is -3.12. The molecule has 82 valence electrons. The van der Waals surface area contributed by atoms with Crippen LogP contribution in [0.25, 0.3) is 0 Å². The van der Waals surface area contributed by atoms with E-state index in [9.17, 15) is 0 Å². The van der Waals surface area contributed by atoms with Gasteiger partial charge in [0.15, 0.2) is 5.11 Å². The summed E-state index contributed by atoms with van der Waals surface area (Å²) in [6.07, 6.45) is -3.46. The molecule has 0 heterocycles. The van der Waals surface area contributed by atoms with Crippen molar-refractivity contribution in [1.82, 2.24) is 5.43 Å². The van der Waals surface area contributed by atoms with Crippen molar-refractivity contribution in [1.29, 1.82) is 0 Å². The normalized spacial score (nSPS) is 17.7. The third-order valence-electron chi connectivity index (χ3n) is 1.33. The van der Waals surface area contributed by atoms with E-state index in [1.54, 1.807) is 0 Å². The molecule has 0 rings (SSSR count). The maximum absolute atomic E-state index is 9.14. The maximum Gasteiger partial charge on any atom is 0.184 e. The molecule has 0 amide bonds. The SMILES string of the molecule is NC(=S)NN=CC(O)C(O)C(O)CO. The molecule has 0 aliphatic heterocycles. The molecule has 0 spiro atoms. The van der Waals surface area contributed by atoms with E-state index in [0.717, 1.165) is 6.21 Å². The molecule has 0 aromatic rings. The number of nitrogens with zero attached hydrogens (tertiary/aromatic N) is 1. The summed E-state index contributed by atoms with van der Waals surface area (Å²) in [5.74, 6) is 0. The summed E-state index contributed by atoms with van der Waals surface area (Å²) in [6.45, 7) is -0.658. The first-order chi connectivity index (χ1) is 6.49. The van der Waals surface area contributed by atoms with Crippen LogP contribution in [0.5, 0.6) is 0 Å². The third-order valence-corrected chi connectivity index (χ3v) is 1.42. The average Bonchev–Trinajstić information content (AvgIpc) is 2.14. The van der Waals surface area contributed by atoms with E-state index in [1.807, 2.05) is 0 Å². The van der Waals surface area contributed by atoms with Gasteiger partial charge in [0.2, 0.25) is 0 Å². The Hall–Kier alpha value is -0.800. The van der Waals surface area contributed by atoms with Gasteiger partial charge in [-0.05, 0) is 12.2 Å². The summed E-state index contributed by atoms with van der Waals surface area (Å²) in [5, 5.41) is 38.9. The van der Waals surface area contributed by atoms with Crippen LogP contribution in [-0.2, 0) is 0 Å². The number of hydrogen-bond donors (Lipinski definition) is 6. The zero-order chi connectivity index (χ0) is 11.1. The molecule has 8 heteroatoms. The molecule has 0 radical (unpaired) electrons. The minimum absolute atomic E-state index is 0.0920. The summed E-state index contributed by atoms with van der Waals surface area (Å²) in [4.78, 5) is 0. The average molecular weight is 223 g/mol. The molecule has 0 saturated heterocycles. The first-order valence-corrected chi connectivity index (χ1v) is 4.13. The minimum Gasteiger partial charge on any atom is -0.394 e. The Morgan fingerprint density at radius 1 is 1.50 bits per heavy atom. The lowest BCUT2D eigenvalue weighted by Gasteiger charge is -2.17. The van der Waals surface area contributed by atoms with Gasteiger partial charge in [-0.2, -0.15) is 5.10 Å². The van der Waals surface area contributed by atoms with Gasteiger partial charge in [-0.15, -0.1) is 0 Å². The number of aliphatic hydroxyl groups excluding tert-OH is 4. The standard InChI is InChI=1S/C6H13N3O4S/c7-6(14)9-8-1-3(11)5(13)4(12)2-10/h1,3-5,10-13H,2H2,(H3,7,9,14). The Bertz CT molecular complexity index is 213. The lowest BCUT2D eigenvalue weighted by atomic mass is 10.1. The lowest BCUT2D eigenvalue weighted by molar-refractivity contribution is -0.0542. The Morgan fingerprint density at radius 2 is 2.07 bits per heavy atom. The lowest BCUT2D eigenvalue weighted by Crippen LogP contribution is -2.40. The van der Waals surface area contributed by atoms with E-state index >= 15 is 0 Å². The second-order valence-electron chi connectivity index (χ2n) is 2.49. The van der Waals surface area contributed by atoms with Crippen LogP contribution in [0.15, 0.2) is 5.10 Å². The fraction of sp³-hybridized carbons (Fsp3) is 0.667. The molecule has 3 atom stereocenters. The van der Waals surface area contributed by atoms with Crippen LogP contribution in [0.3, 0.4) is 0 Å². The van der Waals surface area contributed by atoms with Crippen molar-refractivity contribution in [3.8, 4) is 0 Å². The van der Waals surface area contributed by atoms with Crippen LogP contribution >= 0.6 is 12.2 Å². The summed E-state index contributed by atoms with van der Waals surface area (Å²) in [5.41, 5.74) is 7.17. The molecule has 7 nitrogen and oxygen atoms in total. The zero-order valence-electron chi connectivity index (χ0n) is 7.24. The van der Waals surface area contributed by atoms with Gasteiger partial charge in [0.05, 0.1) is 12.8 Å². The highest BCUT2D eigenvalue weighted by Gasteiger charge is 2.22. The molecule has 0 fully saturated rings. The van der Waals surface area contributed by atoms with Gasteiger partial charge in [-0.1, -0.05) is 0 Å². The van der Waals surface area contributed by atoms with Gasteiger partial charge in [0.25, 0.3) is 0 Å². The smallest absolute Gasteiger partial charge is 0.184 e. The topological polar surface area (TPSA) is 131 Å². The van der Waals surface area contributed by atoms with Crippen LogP contribution in [-0.4, -0.2) is 56.7 Å². The fourth-order valence-corrected chi connectivity index (χ4v) is 0.654. The molecular weight excluding hydrogens is 210 g/mol. The van der Waals surface area contributed by atoms with Gasteiger partial charge in [0, 0.05) is 0 Å². The van der Waals surface area contributed by atoms with Crippen molar-refractivity contribution in [3.05, 3.63) is 0 Å². The fourth-order valence-electron chi connectivity index (χ4n) is 0.601. The van der Waals surface area contributed by atoms with Crippen molar-refractivity contribution in [2.45, 2.75) is 18.3 Å². The number of aliphatic hydroxyl groups is 4. The number of nitrogens with two attached hydrogens (primary N) is 1. The Balaban J connectivity index is 3.99. The summed E-state index contributed by atoms with van der Waals surface area (Å²) < 4.78 is 0. The number of thiocarbonyl (C=S) groups is 1. The van der Waals surface area contributed by atoms with Crippen molar-refractivity contribution >= 4 is 23.5 Å². The van der Waals surface area contributed by atoms with Crippen molar-refractivity contribution in [2.24, 2.45) is 10.8 Å². The molecule has 0 saturated carbocycles. The highest BCUT2D eigenvalue weighted by Crippen LogP contribution is 1.97. The summed E-state index contributed by atoms with van der Waals surface area (Å²) in [7, 11) is 0. The van der Waals surface area contributed by atoms with Gasteiger partial charge in [0.1, 0.15) is 18.3 Å². The largest absolute Gasteiger partial charge is 0.394 e. The van der Waals surface area contributed by atoms with Crippen LogP contribution in [0, 0.1) is 0 Å². The highest BCUT2D eigenvalue weighted by molar-refractivity contribution is 7.80. The van der Waals surface area contributed by atoms with E-state index in [-0.39, 0.29) is 5.11 Å². The van der Waals surface area contributed by atoms with E-state index in [1.165, 1.54) is 0 Å². The number of hydrazone groups is 1. The first kappa shape index (κ1) is 13.2. The monoisotopic (exact) mass is 223 g/mol. The van der Waals surface area contributed by atoms with Gasteiger partial charge >= 0.3 is 0 Å². The highest BCUT2D eigenvalue weighted by atomic mass is 32.1. The second-order valence-corrected chi connectivity index (χ2v) is 2.93. The Kier molecular flexibility index (Phi) is 6.25. The Labute approximate surface area is 85.9 Å². The van der Waals surface area contributed by atoms with Crippen LogP contribution < -0.4 is 11.2 Å².